The van der Waals surface area contributed by atoms with Crippen LogP contribution in [0.2, 0.25) is 0 Å². The molecule has 4 nitrogen and oxygen atoms in total. The molecular weight excluding hydrogens is 341 g/mol. The Bertz CT molecular complexity index is 367. The first-order chi connectivity index (χ1) is 8.56. The van der Waals surface area contributed by atoms with Gasteiger partial charge in [0.15, 0.2) is 0 Å². The van der Waals surface area contributed by atoms with Crippen LogP contribution in [0.5, 0.6) is 0 Å². The van der Waals surface area contributed by atoms with E-state index in [0.29, 0.717) is 17.8 Å². The molecule has 0 atom stereocenters. The summed E-state index contributed by atoms with van der Waals surface area (Å²) in [5.41, 5.74) is 11.8. The summed E-state index contributed by atoms with van der Waals surface area (Å²) in [5.74, 6) is -0.0946. The number of nitrogen functional groups attached to an aromatic ring is 1. The van der Waals surface area contributed by atoms with Crippen molar-refractivity contribution in [1.29, 1.82) is 0 Å². The number of nitrogens with two attached hydrogens (primary N) is 2. The minimum atomic E-state index is -0.0946. The molecule has 0 aliphatic rings. The Balaban J connectivity index is 0.000000631. The minimum absolute atomic E-state index is 0.0946. The van der Waals surface area contributed by atoms with Gasteiger partial charge in [-0.1, -0.05) is 13.8 Å². The average molecular weight is 363 g/mol. The Morgan fingerprint density at radius 3 is 2.44 bits per heavy atom. The fourth-order valence-electron chi connectivity index (χ4n) is 1.06. The Kier molecular flexibility index (Phi) is 9.67. The standard InChI is InChI=1S/C10H13IN2O.C3H9N/c1-2-5-13-10(14)8-6-7(11)3-4-9(8)12;1-2-3-4/h3-4,6H,2,5,12H2,1H3,(H,13,14);2-4H2,1H3. The van der Waals surface area contributed by atoms with Gasteiger partial charge in [-0.25, -0.2) is 0 Å². The largest absolute Gasteiger partial charge is 0.398 e. The van der Waals surface area contributed by atoms with Crippen LogP contribution in [0.15, 0.2) is 18.2 Å². The zero-order chi connectivity index (χ0) is 14.0. The van der Waals surface area contributed by atoms with E-state index < -0.39 is 0 Å². The van der Waals surface area contributed by atoms with Gasteiger partial charge < -0.3 is 16.8 Å². The van der Waals surface area contributed by atoms with E-state index in [2.05, 4.69) is 34.8 Å². The van der Waals surface area contributed by atoms with Gasteiger partial charge >= 0.3 is 0 Å². The van der Waals surface area contributed by atoms with Gasteiger partial charge in [0, 0.05) is 15.8 Å². The quantitative estimate of drug-likeness (QED) is 0.568. The van der Waals surface area contributed by atoms with Gasteiger partial charge in [-0.15, -0.1) is 0 Å². The van der Waals surface area contributed by atoms with Crippen molar-refractivity contribution in [3.8, 4) is 0 Å². The Hall–Kier alpha value is -0.820. The fraction of sp³-hybridized carbons (Fsp3) is 0.462. The highest BCUT2D eigenvalue weighted by molar-refractivity contribution is 14.1. The maximum atomic E-state index is 11.6. The van der Waals surface area contributed by atoms with Gasteiger partial charge in [-0.05, 0) is 60.2 Å². The van der Waals surface area contributed by atoms with Crippen LogP contribution in [0, 0.1) is 3.57 Å². The molecule has 0 aliphatic carbocycles. The molecule has 0 radical (unpaired) electrons. The molecule has 0 saturated carbocycles. The molecule has 5 N–H and O–H groups in total. The molecule has 1 amide bonds. The van der Waals surface area contributed by atoms with E-state index in [-0.39, 0.29) is 5.91 Å². The molecule has 0 spiro atoms. The molecule has 5 heteroatoms. The normalized spacial score (nSPS) is 9.33. The molecular formula is C13H22IN3O. The zero-order valence-electron chi connectivity index (χ0n) is 11.0. The van der Waals surface area contributed by atoms with Gasteiger partial charge in [0.1, 0.15) is 0 Å². The van der Waals surface area contributed by atoms with E-state index in [1.165, 1.54) is 0 Å². The highest BCUT2D eigenvalue weighted by Crippen LogP contribution is 2.15. The Labute approximate surface area is 123 Å². The van der Waals surface area contributed by atoms with Crippen LogP contribution in [-0.4, -0.2) is 19.0 Å². The third-order valence-corrected chi connectivity index (χ3v) is 2.76. The van der Waals surface area contributed by atoms with Gasteiger partial charge in [0.2, 0.25) is 0 Å². The summed E-state index contributed by atoms with van der Waals surface area (Å²) in [5, 5.41) is 2.79. The molecule has 1 rings (SSSR count). The Morgan fingerprint density at radius 1 is 1.33 bits per heavy atom. The number of rotatable bonds is 4. The highest BCUT2D eigenvalue weighted by atomic mass is 127. The van der Waals surface area contributed by atoms with Crippen LogP contribution in [0.1, 0.15) is 37.0 Å². The number of amides is 1. The first-order valence-electron chi connectivity index (χ1n) is 6.10. The lowest BCUT2D eigenvalue weighted by atomic mass is 10.1. The van der Waals surface area contributed by atoms with E-state index in [9.17, 15) is 4.79 Å². The summed E-state index contributed by atoms with van der Waals surface area (Å²) in [6, 6.07) is 5.43. The first kappa shape index (κ1) is 17.2. The molecule has 0 saturated heterocycles. The van der Waals surface area contributed by atoms with Gasteiger partial charge in [0.25, 0.3) is 5.91 Å². The van der Waals surface area contributed by atoms with Crippen LogP contribution in [-0.2, 0) is 0 Å². The number of carbonyl (C=O) groups is 1. The van der Waals surface area contributed by atoms with Crippen molar-refractivity contribution < 1.29 is 4.79 Å². The molecule has 102 valence electrons. The summed E-state index contributed by atoms with van der Waals surface area (Å²) in [4.78, 5) is 11.6. The monoisotopic (exact) mass is 363 g/mol. The molecule has 0 aliphatic heterocycles. The maximum Gasteiger partial charge on any atom is 0.253 e. The predicted molar refractivity (Wildman–Crippen MR) is 85.5 cm³/mol. The van der Waals surface area contributed by atoms with Crippen molar-refractivity contribution in [3.63, 3.8) is 0 Å². The number of benzene rings is 1. The van der Waals surface area contributed by atoms with Crippen molar-refractivity contribution in [2.24, 2.45) is 5.73 Å². The van der Waals surface area contributed by atoms with E-state index in [1.807, 2.05) is 13.0 Å². The SMILES string of the molecule is CCCN.CCCNC(=O)c1cc(I)ccc1N. The lowest BCUT2D eigenvalue weighted by Crippen LogP contribution is -2.24. The van der Waals surface area contributed by atoms with E-state index in [1.54, 1.807) is 12.1 Å². The predicted octanol–water partition coefficient (Wildman–Crippen LogP) is 2.37. The molecule has 0 heterocycles. The molecule has 18 heavy (non-hydrogen) atoms. The summed E-state index contributed by atoms with van der Waals surface area (Å²) in [6.45, 7) is 5.57. The molecule has 0 fully saturated rings. The number of anilines is 1. The number of hydrogen-bond donors (Lipinski definition) is 3. The Morgan fingerprint density at radius 2 is 1.94 bits per heavy atom. The van der Waals surface area contributed by atoms with Gasteiger partial charge in [0.05, 0.1) is 5.56 Å². The zero-order valence-corrected chi connectivity index (χ0v) is 13.2. The highest BCUT2D eigenvalue weighted by Gasteiger charge is 2.08. The lowest BCUT2D eigenvalue weighted by Gasteiger charge is -2.06. The summed E-state index contributed by atoms with van der Waals surface area (Å²) in [6.07, 6.45) is 2.02. The summed E-state index contributed by atoms with van der Waals surface area (Å²) in [7, 11) is 0. The third-order valence-electron chi connectivity index (χ3n) is 2.08. The van der Waals surface area contributed by atoms with Crippen LogP contribution >= 0.6 is 22.6 Å². The topological polar surface area (TPSA) is 81.1 Å². The van der Waals surface area contributed by atoms with Crippen molar-refractivity contribution in [3.05, 3.63) is 27.3 Å². The number of hydrogen-bond acceptors (Lipinski definition) is 3. The molecule has 0 bridgehead atoms. The molecule has 0 aromatic heterocycles. The second kappa shape index (κ2) is 10.1. The number of nitrogens with one attached hydrogen (secondary N) is 1. The van der Waals surface area contributed by atoms with E-state index >= 15 is 0 Å². The van der Waals surface area contributed by atoms with Crippen LogP contribution in [0.3, 0.4) is 0 Å². The second-order valence-corrected chi connectivity index (χ2v) is 5.02. The van der Waals surface area contributed by atoms with Crippen molar-refractivity contribution in [1.82, 2.24) is 5.32 Å². The lowest BCUT2D eigenvalue weighted by molar-refractivity contribution is 0.0954. The van der Waals surface area contributed by atoms with Crippen molar-refractivity contribution >= 4 is 34.2 Å². The smallest absolute Gasteiger partial charge is 0.253 e. The fourth-order valence-corrected chi connectivity index (χ4v) is 1.55. The summed E-state index contributed by atoms with van der Waals surface area (Å²) >= 11 is 2.16. The average Bonchev–Trinajstić information content (AvgIpc) is 2.39. The van der Waals surface area contributed by atoms with E-state index in [0.717, 1.165) is 23.0 Å². The van der Waals surface area contributed by atoms with Gasteiger partial charge in [-0.3, -0.25) is 4.79 Å². The third kappa shape index (κ3) is 6.80. The second-order valence-electron chi connectivity index (χ2n) is 3.78. The maximum absolute atomic E-state index is 11.6. The number of halogens is 1. The molecule has 1 aromatic carbocycles. The van der Waals surface area contributed by atoms with Crippen LogP contribution < -0.4 is 16.8 Å². The van der Waals surface area contributed by atoms with Gasteiger partial charge in [-0.2, -0.15) is 0 Å². The minimum Gasteiger partial charge on any atom is -0.398 e. The molecule has 0 unspecified atom stereocenters. The summed E-state index contributed by atoms with van der Waals surface area (Å²) < 4.78 is 1.01. The van der Waals surface area contributed by atoms with Crippen LogP contribution in [0.25, 0.3) is 0 Å². The first-order valence-corrected chi connectivity index (χ1v) is 7.17. The molecule has 1 aromatic rings. The van der Waals surface area contributed by atoms with Crippen molar-refractivity contribution in [2.45, 2.75) is 26.7 Å². The van der Waals surface area contributed by atoms with Crippen LogP contribution in [0.4, 0.5) is 5.69 Å². The van der Waals surface area contributed by atoms with Crippen molar-refractivity contribution in [2.75, 3.05) is 18.8 Å². The number of carbonyl (C=O) groups excluding carboxylic acids is 1. The van der Waals surface area contributed by atoms with E-state index in [4.69, 9.17) is 11.5 Å².